The lowest BCUT2D eigenvalue weighted by molar-refractivity contribution is 0.0936. The fourth-order valence-electron chi connectivity index (χ4n) is 1.36. The molecule has 1 aromatic carbocycles. The van der Waals surface area contributed by atoms with Crippen LogP contribution in [-0.2, 0) is 0 Å². The molecular weight excluding hydrogens is 202 g/mol. The summed E-state index contributed by atoms with van der Waals surface area (Å²) in [5.41, 5.74) is 0.440. The molecule has 1 amide bonds. The van der Waals surface area contributed by atoms with E-state index >= 15 is 0 Å². The summed E-state index contributed by atoms with van der Waals surface area (Å²) >= 11 is 0. The third kappa shape index (κ3) is 3.32. The Bertz CT molecular complexity index is 407. The van der Waals surface area contributed by atoms with Gasteiger partial charge < -0.3 is 10.4 Å². The minimum absolute atomic E-state index is 0.0140. The molecule has 0 spiro atoms. The predicted molar refractivity (Wildman–Crippen MR) is 63.1 cm³/mol. The molecule has 0 saturated carbocycles. The highest BCUT2D eigenvalue weighted by Crippen LogP contribution is 2.11. The van der Waals surface area contributed by atoms with Gasteiger partial charge in [0.05, 0.1) is 0 Å². The van der Waals surface area contributed by atoms with E-state index < -0.39 is 0 Å². The van der Waals surface area contributed by atoms with Crippen molar-refractivity contribution in [2.45, 2.75) is 25.8 Å². The summed E-state index contributed by atoms with van der Waals surface area (Å²) in [5.74, 6) is 2.39. The smallest absolute Gasteiger partial charge is 0.251 e. The van der Waals surface area contributed by atoms with Gasteiger partial charge in [0, 0.05) is 18.0 Å². The van der Waals surface area contributed by atoms with Crippen LogP contribution >= 0.6 is 0 Å². The van der Waals surface area contributed by atoms with Gasteiger partial charge in [-0.05, 0) is 24.6 Å². The van der Waals surface area contributed by atoms with Crippen LogP contribution in [0.3, 0.4) is 0 Å². The van der Waals surface area contributed by atoms with Crippen molar-refractivity contribution >= 4 is 5.91 Å². The number of aromatic hydroxyl groups is 1. The van der Waals surface area contributed by atoms with E-state index in [1.807, 2.05) is 6.92 Å². The molecule has 0 fully saturated rings. The molecule has 16 heavy (non-hydrogen) atoms. The lowest BCUT2D eigenvalue weighted by Gasteiger charge is -2.14. The van der Waals surface area contributed by atoms with Crippen molar-refractivity contribution < 1.29 is 9.90 Å². The highest BCUT2D eigenvalue weighted by Gasteiger charge is 2.11. The molecule has 3 nitrogen and oxygen atoms in total. The van der Waals surface area contributed by atoms with Crippen LogP contribution in [0, 0.1) is 12.3 Å². The molecule has 0 bridgehead atoms. The number of phenols is 1. The number of nitrogens with one attached hydrogen (secondary N) is 1. The highest BCUT2D eigenvalue weighted by molar-refractivity contribution is 5.94. The van der Waals surface area contributed by atoms with E-state index in [2.05, 4.69) is 11.2 Å². The Hall–Kier alpha value is -1.95. The van der Waals surface area contributed by atoms with E-state index in [1.165, 1.54) is 12.1 Å². The largest absolute Gasteiger partial charge is 0.508 e. The Morgan fingerprint density at radius 2 is 2.38 bits per heavy atom. The quantitative estimate of drug-likeness (QED) is 0.757. The average Bonchev–Trinajstić information content (AvgIpc) is 2.28. The molecule has 1 rings (SSSR count). The minimum Gasteiger partial charge on any atom is -0.508 e. The van der Waals surface area contributed by atoms with Gasteiger partial charge in [0.15, 0.2) is 0 Å². The van der Waals surface area contributed by atoms with Crippen LogP contribution < -0.4 is 5.32 Å². The van der Waals surface area contributed by atoms with Crippen molar-refractivity contribution in [1.29, 1.82) is 0 Å². The number of hydrogen-bond donors (Lipinski definition) is 2. The first kappa shape index (κ1) is 12.1. The number of rotatable bonds is 4. The van der Waals surface area contributed by atoms with Gasteiger partial charge in [-0.2, -0.15) is 0 Å². The summed E-state index contributed by atoms with van der Waals surface area (Å²) in [6, 6.07) is 6.22. The Kier molecular flexibility index (Phi) is 4.41. The van der Waals surface area contributed by atoms with Gasteiger partial charge in [0.2, 0.25) is 0 Å². The standard InChI is InChI=1S/C13H15NO2/c1-3-6-11(4-2)14-13(16)10-7-5-8-12(15)9-10/h1,5,7-9,11,15H,4,6H2,2H3,(H,14,16). The van der Waals surface area contributed by atoms with Crippen molar-refractivity contribution in [2.24, 2.45) is 0 Å². The fourth-order valence-corrected chi connectivity index (χ4v) is 1.36. The fraction of sp³-hybridized carbons (Fsp3) is 0.308. The van der Waals surface area contributed by atoms with Gasteiger partial charge in [0.1, 0.15) is 5.75 Å². The minimum atomic E-state index is -0.210. The van der Waals surface area contributed by atoms with Gasteiger partial charge in [-0.25, -0.2) is 0 Å². The Balaban J connectivity index is 2.68. The summed E-state index contributed by atoms with van der Waals surface area (Å²) < 4.78 is 0. The zero-order valence-corrected chi connectivity index (χ0v) is 9.23. The number of terminal acetylenes is 1. The topological polar surface area (TPSA) is 49.3 Å². The van der Waals surface area contributed by atoms with Gasteiger partial charge in [-0.3, -0.25) is 4.79 Å². The van der Waals surface area contributed by atoms with E-state index in [0.717, 1.165) is 6.42 Å². The van der Waals surface area contributed by atoms with Crippen LogP contribution in [0.25, 0.3) is 0 Å². The molecule has 1 aromatic rings. The first-order valence-corrected chi connectivity index (χ1v) is 5.20. The second-order valence-corrected chi connectivity index (χ2v) is 3.54. The van der Waals surface area contributed by atoms with Crippen molar-refractivity contribution in [2.75, 3.05) is 0 Å². The van der Waals surface area contributed by atoms with Gasteiger partial charge in [0.25, 0.3) is 5.91 Å². The summed E-state index contributed by atoms with van der Waals surface area (Å²) in [7, 11) is 0. The summed E-state index contributed by atoms with van der Waals surface area (Å²) in [5, 5.41) is 12.1. The number of benzene rings is 1. The normalized spacial score (nSPS) is 11.5. The van der Waals surface area contributed by atoms with E-state index in [4.69, 9.17) is 6.42 Å². The molecule has 0 aliphatic rings. The third-order valence-corrected chi connectivity index (χ3v) is 2.30. The molecular formula is C13H15NO2. The second-order valence-electron chi connectivity index (χ2n) is 3.54. The molecule has 84 valence electrons. The highest BCUT2D eigenvalue weighted by atomic mass is 16.3. The van der Waals surface area contributed by atoms with Crippen molar-refractivity contribution in [1.82, 2.24) is 5.32 Å². The Morgan fingerprint density at radius 3 is 2.94 bits per heavy atom. The first-order chi connectivity index (χ1) is 7.67. The first-order valence-electron chi connectivity index (χ1n) is 5.20. The van der Waals surface area contributed by atoms with Crippen molar-refractivity contribution in [3.63, 3.8) is 0 Å². The molecule has 0 heterocycles. The molecule has 3 heteroatoms. The monoisotopic (exact) mass is 217 g/mol. The van der Waals surface area contributed by atoms with E-state index in [1.54, 1.807) is 12.1 Å². The van der Waals surface area contributed by atoms with E-state index in [-0.39, 0.29) is 17.7 Å². The van der Waals surface area contributed by atoms with E-state index in [9.17, 15) is 9.90 Å². The molecule has 0 saturated heterocycles. The molecule has 0 radical (unpaired) electrons. The van der Waals surface area contributed by atoms with Crippen molar-refractivity contribution in [3.8, 4) is 18.1 Å². The Labute approximate surface area is 95.5 Å². The van der Waals surface area contributed by atoms with E-state index in [0.29, 0.717) is 12.0 Å². The van der Waals surface area contributed by atoms with Crippen LogP contribution in [0.15, 0.2) is 24.3 Å². The maximum atomic E-state index is 11.8. The van der Waals surface area contributed by atoms with Crippen LogP contribution in [0.2, 0.25) is 0 Å². The lowest BCUT2D eigenvalue weighted by atomic mass is 10.1. The third-order valence-electron chi connectivity index (χ3n) is 2.30. The van der Waals surface area contributed by atoms with Gasteiger partial charge in [-0.15, -0.1) is 12.3 Å². The maximum Gasteiger partial charge on any atom is 0.251 e. The van der Waals surface area contributed by atoms with Crippen LogP contribution in [-0.4, -0.2) is 17.1 Å². The maximum absolute atomic E-state index is 11.8. The predicted octanol–water partition coefficient (Wildman–Crippen LogP) is 1.92. The number of carbonyl (C=O) groups excluding carboxylic acids is 1. The molecule has 1 unspecified atom stereocenters. The van der Waals surface area contributed by atoms with Gasteiger partial charge in [-0.1, -0.05) is 13.0 Å². The molecule has 0 aromatic heterocycles. The van der Waals surface area contributed by atoms with Crippen LogP contribution in [0.4, 0.5) is 0 Å². The Morgan fingerprint density at radius 1 is 1.62 bits per heavy atom. The molecule has 0 aliphatic heterocycles. The summed E-state index contributed by atoms with van der Waals surface area (Å²) in [6.07, 6.45) is 6.50. The SMILES string of the molecule is C#CCC(CC)NC(=O)c1cccc(O)c1. The van der Waals surface area contributed by atoms with Crippen LogP contribution in [0.5, 0.6) is 5.75 Å². The van der Waals surface area contributed by atoms with Gasteiger partial charge >= 0.3 is 0 Å². The number of amides is 1. The molecule has 2 N–H and O–H groups in total. The lowest BCUT2D eigenvalue weighted by Crippen LogP contribution is -2.34. The number of carbonyl (C=O) groups is 1. The van der Waals surface area contributed by atoms with Crippen molar-refractivity contribution in [3.05, 3.63) is 29.8 Å². The number of hydrogen-bond acceptors (Lipinski definition) is 2. The number of phenolic OH excluding ortho intramolecular Hbond substituents is 1. The zero-order chi connectivity index (χ0) is 12.0. The second kappa shape index (κ2) is 5.82. The summed E-state index contributed by atoms with van der Waals surface area (Å²) in [6.45, 7) is 1.96. The molecule has 1 atom stereocenters. The van der Waals surface area contributed by atoms with Crippen LogP contribution in [0.1, 0.15) is 30.1 Å². The zero-order valence-electron chi connectivity index (χ0n) is 9.23. The molecule has 0 aliphatic carbocycles. The average molecular weight is 217 g/mol. The summed E-state index contributed by atoms with van der Waals surface area (Å²) in [4.78, 5) is 11.8.